The molecule has 0 radical (unpaired) electrons. The van der Waals surface area contributed by atoms with E-state index < -0.39 is 0 Å². The SMILES string of the molecule is CCC(=O)Nc1ccc(N2C(=S)N[C@@H](c3ccccn3)[C@@H]2c2cccn2-c2cccc(F)c2)cc1C. The predicted molar refractivity (Wildman–Crippen MR) is 144 cm³/mol. The van der Waals surface area contributed by atoms with Crippen molar-refractivity contribution in [3.63, 3.8) is 0 Å². The van der Waals surface area contributed by atoms with Gasteiger partial charge in [0.15, 0.2) is 5.11 Å². The molecule has 4 aromatic rings. The molecule has 36 heavy (non-hydrogen) atoms. The van der Waals surface area contributed by atoms with Crippen LogP contribution in [0.15, 0.2) is 85.2 Å². The van der Waals surface area contributed by atoms with Gasteiger partial charge in [0.1, 0.15) is 11.9 Å². The van der Waals surface area contributed by atoms with E-state index in [0.29, 0.717) is 11.5 Å². The van der Waals surface area contributed by atoms with Crippen molar-refractivity contribution < 1.29 is 9.18 Å². The third-order valence-corrected chi connectivity index (χ3v) is 6.67. The lowest BCUT2D eigenvalue weighted by Crippen LogP contribution is -2.30. The molecule has 0 bridgehead atoms. The average molecular weight is 500 g/mol. The standard InChI is InChI=1S/C28H26FN5OS/c1-3-25(35)31-22-13-12-21(16-18(22)2)34-27(26(32-28(34)36)23-10-4-5-14-30-23)24-11-7-15-33(24)20-9-6-8-19(29)17-20/h4-17,26-27H,3H2,1-2H3,(H,31,35)(H,32,36)/t26-,27-/m0/s1. The number of thiocarbonyl (C=S) groups is 1. The number of nitrogens with zero attached hydrogens (tertiary/aromatic N) is 3. The van der Waals surface area contributed by atoms with Crippen molar-refractivity contribution in [2.75, 3.05) is 10.2 Å². The molecule has 2 atom stereocenters. The Kier molecular flexibility index (Phi) is 6.52. The molecule has 0 spiro atoms. The number of carbonyl (C=O) groups excluding carboxylic acids is 1. The van der Waals surface area contributed by atoms with Crippen LogP contribution in [-0.4, -0.2) is 20.6 Å². The number of hydrogen-bond acceptors (Lipinski definition) is 3. The smallest absolute Gasteiger partial charge is 0.224 e. The van der Waals surface area contributed by atoms with Crippen molar-refractivity contribution in [2.24, 2.45) is 0 Å². The zero-order valence-corrected chi connectivity index (χ0v) is 20.8. The Labute approximate surface area is 214 Å². The third-order valence-electron chi connectivity index (χ3n) is 6.35. The first-order chi connectivity index (χ1) is 17.5. The van der Waals surface area contributed by atoms with Crippen LogP contribution in [-0.2, 0) is 4.79 Å². The van der Waals surface area contributed by atoms with E-state index in [-0.39, 0.29) is 23.8 Å². The van der Waals surface area contributed by atoms with Crippen molar-refractivity contribution in [1.29, 1.82) is 0 Å². The second-order valence-corrected chi connectivity index (χ2v) is 9.07. The van der Waals surface area contributed by atoms with Crippen LogP contribution in [0, 0.1) is 12.7 Å². The number of rotatable bonds is 6. The van der Waals surface area contributed by atoms with Crippen LogP contribution >= 0.6 is 12.2 Å². The average Bonchev–Trinajstić information content (AvgIpc) is 3.50. The van der Waals surface area contributed by atoms with Crippen LogP contribution in [0.3, 0.4) is 0 Å². The van der Waals surface area contributed by atoms with Gasteiger partial charge >= 0.3 is 0 Å². The molecular weight excluding hydrogens is 473 g/mol. The highest BCUT2D eigenvalue weighted by atomic mass is 32.1. The number of benzene rings is 2. The summed E-state index contributed by atoms with van der Waals surface area (Å²) in [4.78, 5) is 18.6. The molecule has 2 aromatic carbocycles. The number of aryl methyl sites for hydroxylation is 1. The number of nitrogens with one attached hydrogen (secondary N) is 2. The topological polar surface area (TPSA) is 62.2 Å². The van der Waals surface area contributed by atoms with Crippen molar-refractivity contribution >= 4 is 34.6 Å². The molecular formula is C28H26FN5OS. The molecule has 1 fully saturated rings. The maximum atomic E-state index is 14.1. The fourth-order valence-electron chi connectivity index (χ4n) is 4.61. The number of halogens is 1. The first-order valence-corrected chi connectivity index (χ1v) is 12.2. The normalized spacial score (nSPS) is 17.2. The first-order valence-electron chi connectivity index (χ1n) is 11.8. The molecule has 8 heteroatoms. The van der Waals surface area contributed by atoms with Gasteiger partial charge in [0.05, 0.1) is 11.7 Å². The summed E-state index contributed by atoms with van der Waals surface area (Å²) >= 11 is 5.84. The molecule has 1 aliphatic heterocycles. The van der Waals surface area contributed by atoms with E-state index in [1.54, 1.807) is 12.3 Å². The molecule has 5 rings (SSSR count). The molecule has 1 aliphatic rings. The van der Waals surface area contributed by atoms with Crippen LogP contribution in [0.4, 0.5) is 15.8 Å². The van der Waals surface area contributed by atoms with Gasteiger partial charge in [-0.15, -0.1) is 0 Å². The zero-order valence-electron chi connectivity index (χ0n) is 20.0. The van der Waals surface area contributed by atoms with Gasteiger partial charge in [-0.25, -0.2) is 4.39 Å². The second-order valence-electron chi connectivity index (χ2n) is 8.68. The van der Waals surface area contributed by atoms with Gasteiger partial charge in [-0.3, -0.25) is 9.78 Å². The van der Waals surface area contributed by atoms with Gasteiger partial charge in [-0.05, 0) is 85.4 Å². The maximum absolute atomic E-state index is 14.1. The number of aromatic nitrogens is 2. The predicted octanol–water partition coefficient (Wildman–Crippen LogP) is 5.85. The molecule has 2 aromatic heterocycles. The Balaban J connectivity index is 1.62. The molecule has 6 nitrogen and oxygen atoms in total. The van der Waals surface area contributed by atoms with E-state index in [2.05, 4.69) is 20.5 Å². The summed E-state index contributed by atoms with van der Waals surface area (Å²) in [6, 6.07) is 21.7. The molecule has 0 unspecified atom stereocenters. The van der Waals surface area contributed by atoms with E-state index in [1.165, 1.54) is 12.1 Å². The van der Waals surface area contributed by atoms with Gasteiger partial charge in [-0.1, -0.05) is 19.1 Å². The molecule has 3 heterocycles. The maximum Gasteiger partial charge on any atom is 0.224 e. The zero-order chi connectivity index (χ0) is 25.2. The summed E-state index contributed by atoms with van der Waals surface area (Å²) in [5, 5.41) is 6.97. The van der Waals surface area contributed by atoms with E-state index in [1.807, 2.05) is 79.2 Å². The summed E-state index contributed by atoms with van der Waals surface area (Å²) in [7, 11) is 0. The Hall–Kier alpha value is -4.04. The highest BCUT2D eigenvalue weighted by molar-refractivity contribution is 7.80. The van der Waals surface area contributed by atoms with Gasteiger partial charge < -0.3 is 20.1 Å². The molecule has 0 saturated carbocycles. The Bertz CT molecular complexity index is 1420. The van der Waals surface area contributed by atoms with E-state index >= 15 is 0 Å². The summed E-state index contributed by atoms with van der Waals surface area (Å²) in [6.07, 6.45) is 4.10. The van der Waals surface area contributed by atoms with Crippen molar-refractivity contribution in [1.82, 2.24) is 14.9 Å². The quantitative estimate of drug-likeness (QED) is 0.326. The molecule has 2 N–H and O–H groups in total. The molecule has 182 valence electrons. The monoisotopic (exact) mass is 499 g/mol. The Morgan fingerprint density at radius 1 is 1.08 bits per heavy atom. The molecule has 0 aliphatic carbocycles. The van der Waals surface area contributed by atoms with E-state index in [9.17, 15) is 9.18 Å². The first kappa shape index (κ1) is 23.7. The largest absolute Gasteiger partial charge is 0.351 e. The van der Waals surface area contributed by atoms with E-state index in [0.717, 1.165) is 34.0 Å². The van der Waals surface area contributed by atoms with Crippen molar-refractivity contribution in [2.45, 2.75) is 32.4 Å². The molecule has 1 amide bonds. The Morgan fingerprint density at radius 3 is 2.67 bits per heavy atom. The lowest BCUT2D eigenvalue weighted by molar-refractivity contribution is -0.115. The summed E-state index contributed by atoms with van der Waals surface area (Å²) in [5.74, 6) is -0.337. The minimum Gasteiger partial charge on any atom is -0.351 e. The fraction of sp³-hybridized carbons (Fsp3) is 0.179. The number of amides is 1. The fourth-order valence-corrected chi connectivity index (χ4v) is 4.95. The van der Waals surface area contributed by atoms with Crippen LogP contribution in [0.5, 0.6) is 0 Å². The van der Waals surface area contributed by atoms with Crippen LogP contribution < -0.4 is 15.5 Å². The number of pyridine rings is 1. The Morgan fingerprint density at radius 2 is 1.94 bits per heavy atom. The highest BCUT2D eigenvalue weighted by Crippen LogP contribution is 2.42. The second kappa shape index (κ2) is 9.91. The minimum atomic E-state index is -0.300. The summed E-state index contributed by atoms with van der Waals surface area (Å²) in [6.45, 7) is 3.78. The number of carbonyl (C=O) groups is 1. The third kappa shape index (κ3) is 4.47. The molecule has 1 saturated heterocycles. The van der Waals surface area contributed by atoms with Crippen molar-refractivity contribution in [3.05, 3.63) is 108 Å². The van der Waals surface area contributed by atoms with E-state index in [4.69, 9.17) is 12.2 Å². The van der Waals surface area contributed by atoms with Gasteiger partial charge in [0, 0.05) is 41.6 Å². The number of hydrogen-bond donors (Lipinski definition) is 2. The van der Waals surface area contributed by atoms with Gasteiger partial charge in [0.25, 0.3) is 0 Å². The van der Waals surface area contributed by atoms with Gasteiger partial charge in [-0.2, -0.15) is 0 Å². The highest BCUT2D eigenvalue weighted by Gasteiger charge is 2.42. The minimum absolute atomic E-state index is 0.0368. The summed E-state index contributed by atoms with van der Waals surface area (Å²) < 4.78 is 16.1. The van der Waals surface area contributed by atoms with Crippen LogP contribution in [0.2, 0.25) is 0 Å². The van der Waals surface area contributed by atoms with Crippen LogP contribution in [0.25, 0.3) is 5.69 Å². The van der Waals surface area contributed by atoms with Crippen molar-refractivity contribution in [3.8, 4) is 5.69 Å². The summed E-state index contributed by atoms with van der Waals surface area (Å²) in [5.41, 5.74) is 5.09. The van der Waals surface area contributed by atoms with Gasteiger partial charge in [0.2, 0.25) is 5.91 Å². The lowest BCUT2D eigenvalue weighted by atomic mass is 10.00. The lowest BCUT2D eigenvalue weighted by Gasteiger charge is -2.29. The number of anilines is 2. The van der Waals surface area contributed by atoms with Crippen LogP contribution in [0.1, 0.15) is 42.4 Å².